The zero-order chi connectivity index (χ0) is 14.9. The Bertz CT molecular complexity index is 181. The molecule has 3 nitrogen and oxygen atoms in total. The second-order valence-electron chi connectivity index (χ2n) is 4.82. The van der Waals surface area contributed by atoms with Crippen molar-refractivity contribution in [3.05, 3.63) is 0 Å². The van der Waals surface area contributed by atoms with Crippen LogP contribution in [0, 0.1) is 0 Å². The van der Waals surface area contributed by atoms with E-state index in [4.69, 9.17) is 9.84 Å². The summed E-state index contributed by atoms with van der Waals surface area (Å²) in [4.78, 5) is 10.7. The summed E-state index contributed by atoms with van der Waals surface area (Å²) in [5.41, 5.74) is 0. The molecule has 1 unspecified atom stereocenters. The summed E-state index contributed by atoms with van der Waals surface area (Å²) >= 11 is 0. The Morgan fingerprint density at radius 2 is 1.58 bits per heavy atom. The van der Waals surface area contributed by atoms with Crippen LogP contribution < -0.4 is 0 Å². The van der Waals surface area contributed by atoms with Crippen molar-refractivity contribution >= 4 is 5.97 Å². The Morgan fingerprint density at radius 1 is 1.00 bits per heavy atom. The summed E-state index contributed by atoms with van der Waals surface area (Å²) in [5.74, 6) is -0.0593. The molecule has 0 aromatic carbocycles. The van der Waals surface area contributed by atoms with Gasteiger partial charge in [0, 0.05) is 6.42 Å². The first kappa shape index (κ1) is 20.7. The highest BCUT2D eigenvalue weighted by Crippen LogP contribution is 2.04. The van der Waals surface area contributed by atoms with E-state index in [0.717, 1.165) is 32.1 Å². The van der Waals surface area contributed by atoms with Crippen molar-refractivity contribution in [1.82, 2.24) is 0 Å². The van der Waals surface area contributed by atoms with Crippen LogP contribution in [0.4, 0.5) is 0 Å². The SMILES string of the molecule is CCCCCC(=O)OCC.CCCCCC(O)CC. The Balaban J connectivity index is 0. The van der Waals surface area contributed by atoms with Gasteiger partial charge in [-0.15, -0.1) is 0 Å². The summed E-state index contributed by atoms with van der Waals surface area (Å²) < 4.78 is 4.75. The van der Waals surface area contributed by atoms with E-state index in [0.29, 0.717) is 13.0 Å². The molecule has 0 aliphatic heterocycles. The molecule has 19 heavy (non-hydrogen) atoms. The highest BCUT2D eigenvalue weighted by molar-refractivity contribution is 5.69. The van der Waals surface area contributed by atoms with Crippen LogP contribution in [0.25, 0.3) is 0 Å². The predicted octanol–water partition coefficient (Wildman–Crippen LogP) is 4.47. The molecule has 0 aliphatic rings. The first-order valence-electron chi connectivity index (χ1n) is 7.95. The molecular formula is C16H34O3. The van der Waals surface area contributed by atoms with Crippen molar-refractivity contribution in [1.29, 1.82) is 0 Å². The number of unbranched alkanes of at least 4 members (excludes halogenated alkanes) is 4. The molecule has 0 heterocycles. The van der Waals surface area contributed by atoms with Crippen LogP contribution in [-0.4, -0.2) is 23.8 Å². The van der Waals surface area contributed by atoms with Gasteiger partial charge >= 0.3 is 5.97 Å². The Labute approximate surface area is 119 Å². The molecule has 0 aromatic heterocycles. The maximum atomic E-state index is 10.7. The zero-order valence-corrected chi connectivity index (χ0v) is 13.4. The highest BCUT2D eigenvalue weighted by atomic mass is 16.5. The van der Waals surface area contributed by atoms with Crippen LogP contribution in [-0.2, 0) is 9.53 Å². The van der Waals surface area contributed by atoms with Crippen LogP contribution in [0.5, 0.6) is 0 Å². The Hall–Kier alpha value is -0.570. The second-order valence-corrected chi connectivity index (χ2v) is 4.82. The fraction of sp³-hybridized carbons (Fsp3) is 0.938. The summed E-state index contributed by atoms with van der Waals surface area (Å²) in [6, 6.07) is 0. The molecule has 0 saturated carbocycles. The normalized spacial score (nSPS) is 11.4. The molecule has 0 spiro atoms. The smallest absolute Gasteiger partial charge is 0.305 e. The quantitative estimate of drug-likeness (QED) is 0.472. The maximum absolute atomic E-state index is 10.7. The minimum atomic E-state index is -0.0593. The molecule has 0 bridgehead atoms. The van der Waals surface area contributed by atoms with E-state index in [1.165, 1.54) is 19.3 Å². The second kappa shape index (κ2) is 17.4. The van der Waals surface area contributed by atoms with E-state index >= 15 is 0 Å². The molecule has 0 aliphatic carbocycles. The zero-order valence-electron chi connectivity index (χ0n) is 13.4. The van der Waals surface area contributed by atoms with Crippen molar-refractivity contribution in [2.45, 2.75) is 91.6 Å². The van der Waals surface area contributed by atoms with E-state index in [-0.39, 0.29) is 12.1 Å². The van der Waals surface area contributed by atoms with E-state index in [1.54, 1.807) is 0 Å². The number of carbonyl (C=O) groups excluding carboxylic acids is 1. The first-order chi connectivity index (χ1) is 9.12. The van der Waals surface area contributed by atoms with Gasteiger partial charge < -0.3 is 9.84 Å². The van der Waals surface area contributed by atoms with Gasteiger partial charge in [0.05, 0.1) is 12.7 Å². The average molecular weight is 274 g/mol. The van der Waals surface area contributed by atoms with E-state index in [2.05, 4.69) is 13.8 Å². The molecular weight excluding hydrogens is 240 g/mol. The van der Waals surface area contributed by atoms with Gasteiger partial charge in [-0.2, -0.15) is 0 Å². The molecule has 0 aromatic rings. The van der Waals surface area contributed by atoms with Gasteiger partial charge in [-0.3, -0.25) is 4.79 Å². The minimum Gasteiger partial charge on any atom is -0.466 e. The minimum absolute atomic E-state index is 0.0449. The number of aliphatic hydroxyl groups is 1. The van der Waals surface area contributed by atoms with Gasteiger partial charge in [0.2, 0.25) is 0 Å². The van der Waals surface area contributed by atoms with Crippen LogP contribution in [0.15, 0.2) is 0 Å². The molecule has 1 atom stereocenters. The van der Waals surface area contributed by atoms with Gasteiger partial charge in [-0.05, 0) is 26.2 Å². The van der Waals surface area contributed by atoms with Crippen LogP contribution in [0.3, 0.4) is 0 Å². The summed E-state index contributed by atoms with van der Waals surface area (Å²) in [7, 11) is 0. The molecule has 0 radical (unpaired) electrons. The third-order valence-electron chi connectivity index (χ3n) is 2.90. The number of esters is 1. The first-order valence-corrected chi connectivity index (χ1v) is 7.95. The monoisotopic (exact) mass is 274 g/mol. The lowest BCUT2D eigenvalue weighted by molar-refractivity contribution is -0.143. The lowest BCUT2D eigenvalue weighted by atomic mass is 10.1. The maximum Gasteiger partial charge on any atom is 0.305 e. The van der Waals surface area contributed by atoms with Crippen LogP contribution in [0.1, 0.15) is 85.5 Å². The lowest BCUT2D eigenvalue weighted by Gasteiger charge is -2.04. The fourth-order valence-corrected chi connectivity index (χ4v) is 1.59. The van der Waals surface area contributed by atoms with Gasteiger partial charge in [0.1, 0.15) is 0 Å². The van der Waals surface area contributed by atoms with Gasteiger partial charge in [-0.1, -0.05) is 52.9 Å². The van der Waals surface area contributed by atoms with E-state index in [1.807, 2.05) is 13.8 Å². The number of rotatable bonds is 10. The fourth-order valence-electron chi connectivity index (χ4n) is 1.59. The lowest BCUT2D eigenvalue weighted by Crippen LogP contribution is -2.02. The third kappa shape index (κ3) is 19.9. The van der Waals surface area contributed by atoms with Crippen LogP contribution in [0.2, 0.25) is 0 Å². The highest BCUT2D eigenvalue weighted by Gasteiger charge is 1.98. The standard InChI is InChI=1S/C8H16O2.C8H18O/c1-3-5-6-7-8(9)10-4-2;1-3-5-6-7-8(9)4-2/h3-7H2,1-2H3;8-9H,3-7H2,1-2H3. The average Bonchev–Trinajstić information content (AvgIpc) is 2.40. The van der Waals surface area contributed by atoms with Crippen molar-refractivity contribution in [2.75, 3.05) is 6.61 Å². The van der Waals surface area contributed by atoms with Gasteiger partial charge in [0.25, 0.3) is 0 Å². The molecule has 1 N–H and O–H groups in total. The molecule has 0 saturated heterocycles. The van der Waals surface area contributed by atoms with Crippen molar-refractivity contribution in [3.8, 4) is 0 Å². The summed E-state index contributed by atoms with van der Waals surface area (Å²) in [5, 5.41) is 9.08. The number of hydrogen-bond donors (Lipinski definition) is 1. The predicted molar refractivity (Wildman–Crippen MR) is 81.2 cm³/mol. The molecule has 3 heteroatoms. The van der Waals surface area contributed by atoms with Crippen molar-refractivity contribution < 1.29 is 14.6 Å². The number of ether oxygens (including phenoxy) is 1. The number of aliphatic hydroxyl groups excluding tert-OH is 1. The molecule has 0 amide bonds. The van der Waals surface area contributed by atoms with Crippen LogP contribution >= 0.6 is 0 Å². The van der Waals surface area contributed by atoms with E-state index in [9.17, 15) is 4.79 Å². The molecule has 116 valence electrons. The molecule has 0 fully saturated rings. The van der Waals surface area contributed by atoms with Gasteiger partial charge in [-0.25, -0.2) is 0 Å². The summed E-state index contributed by atoms with van der Waals surface area (Å²) in [6.07, 6.45) is 9.37. The van der Waals surface area contributed by atoms with E-state index < -0.39 is 0 Å². The summed E-state index contributed by atoms with van der Waals surface area (Å²) in [6.45, 7) is 8.66. The largest absolute Gasteiger partial charge is 0.466 e. The Kier molecular flexibility index (Phi) is 19.0. The molecule has 0 rings (SSSR count). The van der Waals surface area contributed by atoms with Crippen molar-refractivity contribution in [3.63, 3.8) is 0 Å². The topological polar surface area (TPSA) is 46.5 Å². The Morgan fingerprint density at radius 3 is 2.05 bits per heavy atom. The number of carbonyl (C=O) groups is 1. The third-order valence-corrected chi connectivity index (χ3v) is 2.90. The number of hydrogen-bond acceptors (Lipinski definition) is 3. The van der Waals surface area contributed by atoms with Gasteiger partial charge in [0.15, 0.2) is 0 Å². The van der Waals surface area contributed by atoms with Crippen molar-refractivity contribution in [2.24, 2.45) is 0 Å².